The molecule has 0 saturated heterocycles. The molecule has 0 fully saturated rings. The number of ketones is 1. The number of nitrogens with one attached hydrogen (secondary N) is 2. The first-order chi connectivity index (χ1) is 12.5. The maximum absolute atomic E-state index is 12.2. The van der Waals surface area contributed by atoms with Crippen LogP contribution in [-0.4, -0.2) is 28.7 Å². The van der Waals surface area contributed by atoms with Gasteiger partial charge in [-0.05, 0) is 30.2 Å². The van der Waals surface area contributed by atoms with Crippen molar-refractivity contribution in [2.24, 2.45) is 0 Å². The summed E-state index contributed by atoms with van der Waals surface area (Å²) in [6.45, 7) is 5.89. The number of aromatic nitrogens is 2. The van der Waals surface area contributed by atoms with E-state index in [1.807, 2.05) is 37.3 Å². The number of H-pyrrole nitrogens is 1. The fourth-order valence-electron chi connectivity index (χ4n) is 2.20. The zero-order valence-corrected chi connectivity index (χ0v) is 14.8. The number of nitrogens with zero attached hydrogens (tertiary/aromatic N) is 1. The smallest absolute Gasteiger partial charge is 0.251 e. The molecule has 0 saturated carbocycles. The minimum atomic E-state index is -0.222. The van der Waals surface area contributed by atoms with Crippen molar-refractivity contribution in [3.05, 3.63) is 96.1 Å². The maximum atomic E-state index is 12.2. The molecule has 0 unspecified atom stereocenters. The van der Waals surface area contributed by atoms with Gasteiger partial charge in [0, 0.05) is 12.6 Å². The third-order valence-electron chi connectivity index (χ3n) is 3.69. The van der Waals surface area contributed by atoms with Crippen molar-refractivity contribution >= 4 is 17.3 Å². The molecule has 0 bridgehead atoms. The molecule has 1 heterocycles. The van der Waals surface area contributed by atoms with Crippen LogP contribution >= 0.6 is 0 Å². The second-order valence-corrected chi connectivity index (χ2v) is 5.58. The van der Waals surface area contributed by atoms with E-state index in [1.54, 1.807) is 25.3 Å². The topological polar surface area (TPSA) is 74.8 Å². The predicted molar refractivity (Wildman–Crippen MR) is 103 cm³/mol. The molecule has 0 aliphatic carbocycles. The lowest BCUT2D eigenvalue weighted by molar-refractivity contribution is -0.116. The zero-order chi connectivity index (χ0) is 18.9. The third-order valence-corrected chi connectivity index (χ3v) is 3.69. The summed E-state index contributed by atoms with van der Waals surface area (Å²) in [7, 11) is 1.58. The Morgan fingerprint density at radius 3 is 2.50 bits per heavy atom. The monoisotopic (exact) mass is 347 g/mol. The second-order valence-electron chi connectivity index (χ2n) is 5.58. The molecule has 0 aliphatic heterocycles. The van der Waals surface area contributed by atoms with Crippen LogP contribution in [-0.2, 0) is 4.79 Å². The van der Waals surface area contributed by atoms with Crippen molar-refractivity contribution in [2.45, 2.75) is 6.92 Å². The van der Waals surface area contributed by atoms with Crippen LogP contribution in [0.25, 0.3) is 5.57 Å². The van der Waals surface area contributed by atoms with E-state index in [2.05, 4.69) is 21.9 Å². The van der Waals surface area contributed by atoms with E-state index in [-0.39, 0.29) is 11.7 Å². The normalized spacial score (nSPS) is 12.2. The quantitative estimate of drug-likeness (QED) is 0.457. The second kappa shape index (κ2) is 9.13. The molecule has 0 radical (unpaired) electrons. The number of hydrogen-bond donors (Lipinski definition) is 2. The number of likely N-dealkylation sites (N-methyl/N-ethyl adjacent to an activating group) is 1. The van der Waals surface area contributed by atoms with Crippen LogP contribution in [0.2, 0.25) is 0 Å². The number of benzene rings is 1. The summed E-state index contributed by atoms with van der Waals surface area (Å²) in [6.07, 6.45) is 9.55. The lowest BCUT2D eigenvalue weighted by Gasteiger charge is -2.09. The number of hydrogen-bond acceptors (Lipinski definition) is 3. The van der Waals surface area contributed by atoms with Crippen molar-refractivity contribution in [1.82, 2.24) is 15.3 Å². The SMILES string of the molecule is C=C(\C(=C/C=C(C)/C=C/C(=O)c1cnc[nH]1)C(=O)NC)c1ccccc1. The highest BCUT2D eigenvalue weighted by Gasteiger charge is 2.12. The first-order valence-electron chi connectivity index (χ1n) is 8.09. The third kappa shape index (κ3) is 5.01. The highest BCUT2D eigenvalue weighted by Crippen LogP contribution is 2.21. The lowest BCUT2D eigenvalue weighted by atomic mass is 9.98. The van der Waals surface area contributed by atoms with Crippen LogP contribution in [0.1, 0.15) is 23.0 Å². The van der Waals surface area contributed by atoms with Crippen molar-refractivity contribution in [2.75, 3.05) is 7.05 Å². The van der Waals surface area contributed by atoms with Crippen LogP contribution in [0, 0.1) is 0 Å². The zero-order valence-electron chi connectivity index (χ0n) is 14.8. The number of allylic oxidation sites excluding steroid dienone is 5. The summed E-state index contributed by atoms with van der Waals surface area (Å²) in [5.41, 5.74) is 3.21. The molecule has 2 rings (SSSR count). The number of aromatic amines is 1. The number of carbonyl (C=O) groups is 2. The fraction of sp³-hybridized carbons (Fsp3) is 0.0952. The lowest BCUT2D eigenvalue weighted by Crippen LogP contribution is -2.20. The summed E-state index contributed by atoms with van der Waals surface area (Å²) in [6, 6.07) is 9.50. The van der Waals surface area contributed by atoms with Gasteiger partial charge in [-0.1, -0.05) is 54.6 Å². The van der Waals surface area contributed by atoms with Gasteiger partial charge in [-0.3, -0.25) is 9.59 Å². The van der Waals surface area contributed by atoms with Crippen LogP contribution in [0.15, 0.2) is 84.9 Å². The summed E-state index contributed by atoms with van der Waals surface area (Å²) in [5, 5.41) is 2.63. The molecule has 26 heavy (non-hydrogen) atoms. The molecule has 0 aliphatic rings. The van der Waals surface area contributed by atoms with E-state index < -0.39 is 0 Å². The standard InChI is InChI=1S/C21H21N3O2/c1-15(10-12-20(25)19-13-23-14-24-19)9-11-18(21(26)22-3)16(2)17-7-5-4-6-8-17/h4-14H,2H2,1,3H3,(H,22,26)(H,23,24)/b12-10+,15-9+,18-11+. The summed E-state index contributed by atoms with van der Waals surface area (Å²) < 4.78 is 0. The predicted octanol–water partition coefficient (Wildman–Crippen LogP) is 3.48. The molecular formula is C21H21N3O2. The minimum Gasteiger partial charge on any atom is -0.355 e. The molecule has 5 heteroatoms. The van der Waals surface area contributed by atoms with Crippen molar-refractivity contribution in [1.29, 1.82) is 0 Å². The highest BCUT2D eigenvalue weighted by molar-refractivity contribution is 6.08. The largest absolute Gasteiger partial charge is 0.355 e. The maximum Gasteiger partial charge on any atom is 0.251 e. The highest BCUT2D eigenvalue weighted by atomic mass is 16.1. The molecule has 0 spiro atoms. The van der Waals surface area contributed by atoms with E-state index in [0.29, 0.717) is 16.8 Å². The van der Waals surface area contributed by atoms with Gasteiger partial charge in [0.15, 0.2) is 0 Å². The van der Waals surface area contributed by atoms with Gasteiger partial charge in [-0.15, -0.1) is 0 Å². The first kappa shape index (κ1) is 18.9. The molecule has 2 aromatic rings. The number of carbonyl (C=O) groups excluding carboxylic acids is 2. The summed E-state index contributed by atoms with van der Waals surface area (Å²) >= 11 is 0. The van der Waals surface area contributed by atoms with Crippen molar-refractivity contribution < 1.29 is 9.59 Å². The Balaban J connectivity index is 2.21. The first-order valence-corrected chi connectivity index (χ1v) is 8.09. The molecule has 5 nitrogen and oxygen atoms in total. The van der Waals surface area contributed by atoms with Gasteiger partial charge < -0.3 is 10.3 Å². The summed E-state index contributed by atoms with van der Waals surface area (Å²) in [5.74, 6) is -0.389. The molecule has 1 aromatic heterocycles. The van der Waals surface area contributed by atoms with Gasteiger partial charge in [0.1, 0.15) is 5.69 Å². The van der Waals surface area contributed by atoms with Crippen LogP contribution in [0.4, 0.5) is 0 Å². The Morgan fingerprint density at radius 2 is 1.88 bits per heavy atom. The number of imidazole rings is 1. The van der Waals surface area contributed by atoms with Gasteiger partial charge in [0.2, 0.25) is 5.78 Å². The van der Waals surface area contributed by atoms with Crippen molar-refractivity contribution in [3.8, 4) is 0 Å². The Bertz CT molecular complexity index is 873. The number of amides is 1. The van der Waals surface area contributed by atoms with Crippen LogP contribution < -0.4 is 5.32 Å². The van der Waals surface area contributed by atoms with E-state index >= 15 is 0 Å². The fourth-order valence-corrected chi connectivity index (χ4v) is 2.20. The average molecular weight is 347 g/mol. The van der Waals surface area contributed by atoms with Gasteiger partial charge >= 0.3 is 0 Å². The van der Waals surface area contributed by atoms with E-state index in [0.717, 1.165) is 11.1 Å². The van der Waals surface area contributed by atoms with E-state index in [1.165, 1.54) is 18.6 Å². The summed E-state index contributed by atoms with van der Waals surface area (Å²) in [4.78, 5) is 30.7. The molecule has 2 N–H and O–H groups in total. The molecule has 1 aromatic carbocycles. The van der Waals surface area contributed by atoms with Crippen molar-refractivity contribution in [3.63, 3.8) is 0 Å². The Labute approximate surface area is 152 Å². The van der Waals surface area contributed by atoms with Crippen LogP contribution in [0.3, 0.4) is 0 Å². The van der Waals surface area contributed by atoms with Crippen LogP contribution in [0.5, 0.6) is 0 Å². The molecule has 1 amide bonds. The molecule has 0 atom stereocenters. The van der Waals surface area contributed by atoms with Gasteiger partial charge in [0.25, 0.3) is 5.91 Å². The Hall–Kier alpha value is -3.47. The Kier molecular flexibility index (Phi) is 6.62. The molecular weight excluding hydrogens is 326 g/mol. The van der Waals surface area contributed by atoms with Gasteiger partial charge in [0.05, 0.1) is 12.5 Å². The minimum absolute atomic E-state index is 0.167. The number of rotatable bonds is 7. The Morgan fingerprint density at radius 1 is 1.15 bits per heavy atom. The molecule has 132 valence electrons. The van der Waals surface area contributed by atoms with Gasteiger partial charge in [-0.25, -0.2) is 4.98 Å². The van der Waals surface area contributed by atoms with E-state index in [9.17, 15) is 9.59 Å². The van der Waals surface area contributed by atoms with Gasteiger partial charge in [-0.2, -0.15) is 0 Å². The average Bonchev–Trinajstić information content (AvgIpc) is 3.21. The van der Waals surface area contributed by atoms with E-state index in [4.69, 9.17) is 0 Å².